The van der Waals surface area contributed by atoms with Crippen molar-refractivity contribution in [2.75, 3.05) is 26.2 Å². The Bertz CT molecular complexity index is 734. The van der Waals surface area contributed by atoms with Gasteiger partial charge in [0.15, 0.2) is 0 Å². The monoisotopic (exact) mass is 451 g/mol. The Morgan fingerprint density at radius 2 is 1.62 bits per heavy atom. The van der Waals surface area contributed by atoms with E-state index in [1.54, 1.807) is 10.5 Å². The molecule has 3 heterocycles. The fourth-order valence-electron chi connectivity index (χ4n) is 4.47. The topological polar surface area (TPSA) is 30.7 Å². The van der Waals surface area contributed by atoms with Crippen molar-refractivity contribution in [1.82, 2.24) is 0 Å². The molecule has 1 saturated carbocycles. The minimum absolute atomic E-state index is 0. The minimum Gasteiger partial charge on any atom is -1.00 e. The largest absolute Gasteiger partial charge is 1.00 e. The lowest BCUT2D eigenvalue weighted by molar-refractivity contribution is -0.902. The van der Waals surface area contributed by atoms with Gasteiger partial charge in [-0.2, -0.15) is 0 Å². The Labute approximate surface area is 188 Å². The highest BCUT2D eigenvalue weighted by molar-refractivity contribution is 7.13. The van der Waals surface area contributed by atoms with Gasteiger partial charge >= 0.3 is 5.97 Å². The Morgan fingerprint density at radius 1 is 1.00 bits per heavy atom. The standard InChI is InChI=1S/C23H29NO2S2.ClH/c25-23(19-6-2-1-3-7-19)26-15-14-24-12-10-18(11-13-24)22(20-8-4-16-27-20)21-9-5-17-28-21;/h4-5,8-9,16-17,19H,1-3,6-7,10-15H2;1H. The number of nitrogens with one attached hydrogen (secondary N) is 1. The summed E-state index contributed by atoms with van der Waals surface area (Å²) in [7, 11) is 0. The average Bonchev–Trinajstić information content (AvgIpc) is 3.45. The average molecular weight is 452 g/mol. The molecule has 0 radical (unpaired) electrons. The van der Waals surface area contributed by atoms with E-state index < -0.39 is 0 Å². The molecule has 1 aliphatic heterocycles. The number of esters is 1. The maximum Gasteiger partial charge on any atom is 0.309 e. The third-order valence-corrected chi connectivity index (χ3v) is 7.86. The molecule has 0 bridgehead atoms. The van der Waals surface area contributed by atoms with Crippen molar-refractivity contribution < 1.29 is 26.8 Å². The summed E-state index contributed by atoms with van der Waals surface area (Å²) < 4.78 is 5.61. The molecule has 0 amide bonds. The molecule has 0 unspecified atom stereocenters. The van der Waals surface area contributed by atoms with Crippen molar-refractivity contribution in [1.29, 1.82) is 0 Å². The Balaban J connectivity index is 0.00000240. The first kappa shape index (κ1) is 22.5. The summed E-state index contributed by atoms with van der Waals surface area (Å²) in [6.07, 6.45) is 7.96. The number of hydrogen-bond donors (Lipinski definition) is 1. The molecule has 0 aromatic carbocycles. The van der Waals surface area contributed by atoms with Gasteiger partial charge in [-0.25, -0.2) is 0 Å². The predicted octanol–water partition coefficient (Wildman–Crippen LogP) is 1.42. The van der Waals surface area contributed by atoms with Gasteiger partial charge in [-0.1, -0.05) is 31.4 Å². The van der Waals surface area contributed by atoms with Crippen LogP contribution in [0.1, 0.15) is 54.7 Å². The molecular weight excluding hydrogens is 422 g/mol. The van der Waals surface area contributed by atoms with Crippen molar-refractivity contribution >= 4 is 34.2 Å². The maximum atomic E-state index is 12.2. The molecule has 2 fully saturated rings. The smallest absolute Gasteiger partial charge is 0.309 e. The predicted molar refractivity (Wildman–Crippen MR) is 117 cm³/mol. The highest BCUT2D eigenvalue weighted by Gasteiger charge is 2.25. The zero-order valence-corrected chi connectivity index (χ0v) is 19.2. The third-order valence-electron chi connectivity index (χ3n) is 6.09. The summed E-state index contributed by atoms with van der Waals surface area (Å²) in [5.74, 6) is 0.216. The van der Waals surface area contributed by atoms with Gasteiger partial charge in [0.25, 0.3) is 0 Å². The molecule has 0 atom stereocenters. The fraction of sp³-hybridized carbons (Fsp3) is 0.522. The van der Waals surface area contributed by atoms with Crippen LogP contribution in [0.15, 0.2) is 40.6 Å². The summed E-state index contributed by atoms with van der Waals surface area (Å²) >= 11 is 3.68. The summed E-state index contributed by atoms with van der Waals surface area (Å²) in [4.78, 5) is 16.6. The van der Waals surface area contributed by atoms with Crippen LogP contribution in [0.5, 0.6) is 0 Å². The first-order valence-electron chi connectivity index (χ1n) is 10.6. The minimum atomic E-state index is 0. The first-order chi connectivity index (χ1) is 13.8. The van der Waals surface area contributed by atoms with Gasteiger partial charge in [0.2, 0.25) is 0 Å². The van der Waals surface area contributed by atoms with Crippen LogP contribution in [-0.2, 0) is 9.53 Å². The summed E-state index contributed by atoms with van der Waals surface area (Å²) in [6, 6.07) is 8.79. The van der Waals surface area contributed by atoms with Crippen molar-refractivity contribution in [2.24, 2.45) is 5.92 Å². The van der Waals surface area contributed by atoms with Crippen LogP contribution >= 0.6 is 22.7 Å². The Hall–Kier alpha value is -1.14. The van der Waals surface area contributed by atoms with E-state index >= 15 is 0 Å². The Kier molecular flexibility index (Phi) is 8.79. The van der Waals surface area contributed by atoms with Crippen LogP contribution in [0.3, 0.4) is 0 Å². The number of carbonyl (C=O) groups excluding carboxylic acids is 1. The van der Waals surface area contributed by atoms with Crippen LogP contribution in [0.25, 0.3) is 5.57 Å². The zero-order valence-electron chi connectivity index (χ0n) is 16.8. The van der Waals surface area contributed by atoms with E-state index in [0.29, 0.717) is 6.61 Å². The molecule has 158 valence electrons. The van der Waals surface area contributed by atoms with Gasteiger partial charge in [0.1, 0.15) is 13.2 Å². The fourth-order valence-corrected chi connectivity index (χ4v) is 6.20. The van der Waals surface area contributed by atoms with E-state index in [1.807, 2.05) is 22.7 Å². The van der Waals surface area contributed by atoms with Gasteiger partial charge in [0.05, 0.1) is 19.0 Å². The number of ether oxygens (including phenoxy) is 1. The summed E-state index contributed by atoms with van der Waals surface area (Å²) in [5, 5.41) is 4.34. The highest BCUT2D eigenvalue weighted by Crippen LogP contribution is 2.35. The number of rotatable bonds is 6. The molecule has 3 nitrogen and oxygen atoms in total. The molecule has 1 N–H and O–H groups in total. The van der Waals surface area contributed by atoms with Crippen LogP contribution in [0.2, 0.25) is 0 Å². The lowest BCUT2D eigenvalue weighted by Gasteiger charge is -2.27. The normalized spacial score (nSPS) is 20.1. The van der Waals surface area contributed by atoms with Gasteiger partial charge < -0.3 is 22.0 Å². The van der Waals surface area contributed by atoms with Crippen molar-refractivity contribution in [3.05, 3.63) is 50.4 Å². The SMILES string of the molecule is O=C(OCC[NH+]1CCC(=C(c2cccs2)c2cccs2)CC1)C1CCCCC1.[Cl-]. The number of quaternary nitrogens is 1. The molecule has 4 rings (SSSR count). The Morgan fingerprint density at radius 3 is 2.17 bits per heavy atom. The van der Waals surface area contributed by atoms with Gasteiger partial charge in [-0.3, -0.25) is 4.79 Å². The van der Waals surface area contributed by atoms with E-state index in [0.717, 1.165) is 45.3 Å². The molecule has 29 heavy (non-hydrogen) atoms. The van der Waals surface area contributed by atoms with E-state index in [9.17, 15) is 4.79 Å². The lowest BCUT2D eigenvalue weighted by atomic mass is 9.89. The van der Waals surface area contributed by atoms with Crippen LogP contribution in [0.4, 0.5) is 0 Å². The molecular formula is C23H30ClNO2S2. The van der Waals surface area contributed by atoms with E-state index in [4.69, 9.17) is 4.74 Å². The van der Waals surface area contributed by atoms with Crippen LogP contribution in [-0.4, -0.2) is 32.2 Å². The molecule has 6 heteroatoms. The summed E-state index contributed by atoms with van der Waals surface area (Å²) in [5.41, 5.74) is 3.06. The second-order valence-electron chi connectivity index (χ2n) is 7.94. The number of thiophene rings is 2. The maximum absolute atomic E-state index is 12.2. The first-order valence-corrected chi connectivity index (χ1v) is 12.4. The van der Waals surface area contributed by atoms with Gasteiger partial charge in [-0.05, 0) is 41.3 Å². The second kappa shape index (κ2) is 11.3. The van der Waals surface area contributed by atoms with E-state index in [-0.39, 0.29) is 24.3 Å². The van der Waals surface area contributed by atoms with Crippen molar-refractivity contribution in [3.8, 4) is 0 Å². The molecule has 2 aromatic heterocycles. The molecule has 0 spiro atoms. The number of carbonyl (C=O) groups is 1. The van der Waals surface area contributed by atoms with Crippen LogP contribution in [0, 0.1) is 5.92 Å². The molecule has 2 aromatic rings. The van der Waals surface area contributed by atoms with E-state index in [2.05, 4.69) is 35.0 Å². The van der Waals surface area contributed by atoms with E-state index in [1.165, 1.54) is 34.6 Å². The number of halogens is 1. The van der Waals surface area contributed by atoms with Gasteiger partial charge in [0, 0.05) is 28.2 Å². The number of piperidine rings is 1. The van der Waals surface area contributed by atoms with Crippen LogP contribution < -0.4 is 17.3 Å². The van der Waals surface area contributed by atoms with Crippen molar-refractivity contribution in [3.63, 3.8) is 0 Å². The molecule has 1 saturated heterocycles. The summed E-state index contributed by atoms with van der Waals surface area (Å²) in [6.45, 7) is 3.79. The molecule has 1 aliphatic carbocycles. The quantitative estimate of drug-likeness (QED) is 0.673. The van der Waals surface area contributed by atoms with Gasteiger partial charge in [-0.15, -0.1) is 22.7 Å². The lowest BCUT2D eigenvalue weighted by Crippen LogP contribution is -3.13. The van der Waals surface area contributed by atoms with Crippen molar-refractivity contribution in [2.45, 2.75) is 44.9 Å². The number of likely N-dealkylation sites (tertiary alicyclic amines) is 1. The number of hydrogen-bond acceptors (Lipinski definition) is 4. The zero-order chi connectivity index (χ0) is 19.2. The third kappa shape index (κ3) is 5.94. The second-order valence-corrected chi connectivity index (χ2v) is 9.83. The molecule has 2 aliphatic rings. The highest BCUT2D eigenvalue weighted by atomic mass is 35.5.